The van der Waals surface area contributed by atoms with Crippen molar-refractivity contribution in [2.75, 3.05) is 20.3 Å². The fourth-order valence-corrected chi connectivity index (χ4v) is 3.48. The second kappa shape index (κ2) is 9.21. The van der Waals surface area contributed by atoms with E-state index in [1.807, 2.05) is 39.0 Å². The van der Waals surface area contributed by atoms with Crippen molar-refractivity contribution in [2.45, 2.75) is 33.4 Å². The fraction of sp³-hybridized carbons (Fsp3) is 0.333. The number of amides is 1. The molecule has 8 heteroatoms. The zero-order chi connectivity index (χ0) is 22.7. The van der Waals surface area contributed by atoms with Gasteiger partial charge in [0.2, 0.25) is 0 Å². The van der Waals surface area contributed by atoms with E-state index in [1.165, 1.54) is 7.11 Å². The molecule has 0 bridgehead atoms. The van der Waals surface area contributed by atoms with E-state index in [-0.39, 0.29) is 11.9 Å². The third-order valence-electron chi connectivity index (χ3n) is 5.39. The molecule has 1 amide bonds. The van der Waals surface area contributed by atoms with Crippen LogP contribution in [-0.2, 0) is 6.61 Å². The Balaban J connectivity index is 1.44. The van der Waals surface area contributed by atoms with E-state index in [2.05, 4.69) is 10.5 Å². The van der Waals surface area contributed by atoms with Crippen molar-refractivity contribution in [3.8, 4) is 23.0 Å². The first-order valence-electron chi connectivity index (χ1n) is 10.4. The molecular weight excluding hydrogens is 412 g/mol. The van der Waals surface area contributed by atoms with Gasteiger partial charge in [-0.05, 0) is 56.7 Å². The summed E-state index contributed by atoms with van der Waals surface area (Å²) in [6.45, 7) is 6.97. The molecule has 32 heavy (non-hydrogen) atoms. The number of carbonyl (C=O) groups is 1. The van der Waals surface area contributed by atoms with Crippen LogP contribution in [0.15, 0.2) is 40.9 Å². The Morgan fingerprint density at radius 3 is 2.59 bits per heavy atom. The molecule has 8 nitrogen and oxygen atoms in total. The number of aromatic nitrogens is 1. The standard InChI is InChI=1S/C24H26N2O6/c1-14(17-5-7-21-23(11-17)30-10-9-29-21)25-24(27)18-6-8-20(22(12-18)28-4)31-13-19-15(2)26-32-16(19)3/h5-8,11-12,14H,9-10,13H2,1-4H3,(H,25,27)/t14-/m1/s1. The molecule has 0 aliphatic carbocycles. The highest BCUT2D eigenvalue weighted by Crippen LogP contribution is 2.33. The van der Waals surface area contributed by atoms with Crippen molar-refractivity contribution in [3.05, 3.63) is 64.5 Å². The number of ether oxygens (including phenoxy) is 4. The third-order valence-corrected chi connectivity index (χ3v) is 5.39. The molecule has 2 heterocycles. The highest BCUT2D eigenvalue weighted by molar-refractivity contribution is 5.95. The lowest BCUT2D eigenvalue weighted by molar-refractivity contribution is 0.0939. The number of fused-ring (bicyclic) bond motifs is 1. The van der Waals surface area contributed by atoms with Gasteiger partial charge in [0.15, 0.2) is 23.0 Å². The predicted octanol–water partition coefficient (Wildman–Crippen LogP) is 4.14. The molecule has 0 saturated heterocycles. The van der Waals surface area contributed by atoms with Gasteiger partial charge >= 0.3 is 0 Å². The number of nitrogens with one attached hydrogen (secondary N) is 1. The van der Waals surface area contributed by atoms with Crippen molar-refractivity contribution in [3.63, 3.8) is 0 Å². The number of rotatable bonds is 7. The van der Waals surface area contributed by atoms with Crippen LogP contribution in [-0.4, -0.2) is 31.4 Å². The van der Waals surface area contributed by atoms with Crippen molar-refractivity contribution in [1.82, 2.24) is 10.5 Å². The Kier molecular flexibility index (Phi) is 6.20. The summed E-state index contributed by atoms with van der Waals surface area (Å²) in [7, 11) is 1.54. The van der Waals surface area contributed by atoms with Crippen LogP contribution in [0.2, 0.25) is 0 Å². The van der Waals surface area contributed by atoms with Crippen molar-refractivity contribution in [1.29, 1.82) is 0 Å². The van der Waals surface area contributed by atoms with E-state index < -0.39 is 0 Å². The fourth-order valence-electron chi connectivity index (χ4n) is 3.48. The van der Waals surface area contributed by atoms with Crippen LogP contribution in [0.5, 0.6) is 23.0 Å². The summed E-state index contributed by atoms with van der Waals surface area (Å²) in [6, 6.07) is 10.5. The van der Waals surface area contributed by atoms with E-state index in [0.717, 1.165) is 22.6 Å². The van der Waals surface area contributed by atoms with Crippen LogP contribution in [0, 0.1) is 13.8 Å². The van der Waals surface area contributed by atoms with Gasteiger partial charge in [0.25, 0.3) is 5.91 Å². The summed E-state index contributed by atoms with van der Waals surface area (Å²) in [6.07, 6.45) is 0. The summed E-state index contributed by atoms with van der Waals surface area (Å²) in [5.74, 6) is 2.90. The molecule has 0 spiro atoms. The topological polar surface area (TPSA) is 92.1 Å². The number of benzene rings is 2. The largest absolute Gasteiger partial charge is 0.493 e. The van der Waals surface area contributed by atoms with Gasteiger partial charge < -0.3 is 28.8 Å². The predicted molar refractivity (Wildman–Crippen MR) is 117 cm³/mol. The van der Waals surface area contributed by atoms with E-state index in [9.17, 15) is 4.79 Å². The molecule has 1 aromatic heterocycles. The molecule has 1 atom stereocenters. The van der Waals surface area contributed by atoms with E-state index in [0.29, 0.717) is 48.4 Å². The lowest BCUT2D eigenvalue weighted by Gasteiger charge is -2.21. The monoisotopic (exact) mass is 438 g/mol. The molecule has 3 aromatic rings. The van der Waals surface area contributed by atoms with Gasteiger partial charge in [0.05, 0.1) is 24.4 Å². The highest BCUT2D eigenvalue weighted by atomic mass is 16.6. The maximum Gasteiger partial charge on any atom is 0.251 e. The Bertz CT molecular complexity index is 1100. The molecule has 0 saturated carbocycles. The second-order valence-electron chi connectivity index (χ2n) is 7.56. The molecule has 168 valence electrons. The van der Waals surface area contributed by atoms with Crippen LogP contribution in [0.3, 0.4) is 0 Å². The minimum absolute atomic E-state index is 0.219. The highest BCUT2D eigenvalue weighted by Gasteiger charge is 2.18. The van der Waals surface area contributed by atoms with Crippen LogP contribution < -0.4 is 24.3 Å². The Morgan fingerprint density at radius 1 is 1.09 bits per heavy atom. The quantitative estimate of drug-likeness (QED) is 0.593. The first-order valence-corrected chi connectivity index (χ1v) is 10.4. The Hall–Kier alpha value is -3.68. The first-order chi connectivity index (χ1) is 15.5. The number of hydrogen-bond acceptors (Lipinski definition) is 7. The summed E-state index contributed by atoms with van der Waals surface area (Å²) >= 11 is 0. The first kappa shape index (κ1) is 21.5. The summed E-state index contributed by atoms with van der Waals surface area (Å²) in [4.78, 5) is 12.8. The molecule has 0 radical (unpaired) electrons. The second-order valence-corrected chi connectivity index (χ2v) is 7.56. The van der Waals surface area contributed by atoms with Gasteiger partial charge in [-0.25, -0.2) is 0 Å². The molecule has 2 aromatic carbocycles. The molecule has 4 rings (SSSR count). The van der Waals surface area contributed by atoms with Crippen LogP contribution in [0.1, 0.15) is 45.9 Å². The number of nitrogens with zero attached hydrogens (tertiary/aromatic N) is 1. The van der Waals surface area contributed by atoms with Gasteiger partial charge in [0, 0.05) is 5.56 Å². The lowest BCUT2D eigenvalue weighted by Crippen LogP contribution is -2.27. The van der Waals surface area contributed by atoms with Crippen molar-refractivity contribution < 1.29 is 28.3 Å². The average Bonchev–Trinajstić information content (AvgIpc) is 3.14. The SMILES string of the molecule is COc1cc(C(=O)N[C@H](C)c2ccc3c(c2)OCCO3)ccc1OCc1c(C)noc1C. The molecule has 1 aliphatic rings. The van der Waals surface area contributed by atoms with Gasteiger partial charge in [-0.3, -0.25) is 4.79 Å². The van der Waals surface area contributed by atoms with Crippen LogP contribution in [0.25, 0.3) is 0 Å². The molecular formula is C24H26N2O6. The maximum atomic E-state index is 12.8. The molecule has 0 unspecified atom stereocenters. The van der Waals surface area contributed by atoms with Gasteiger partial charge in [-0.15, -0.1) is 0 Å². The van der Waals surface area contributed by atoms with Gasteiger partial charge in [0.1, 0.15) is 25.6 Å². The van der Waals surface area contributed by atoms with Gasteiger partial charge in [-0.1, -0.05) is 11.2 Å². The summed E-state index contributed by atoms with van der Waals surface area (Å²) in [5, 5.41) is 6.94. The van der Waals surface area contributed by atoms with Crippen LogP contribution >= 0.6 is 0 Å². The lowest BCUT2D eigenvalue weighted by atomic mass is 10.1. The Morgan fingerprint density at radius 2 is 1.88 bits per heavy atom. The van der Waals surface area contributed by atoms with E-state index in [1.54, 1.807) is 18.2 Å². The minimum Gasteiger partial charge on any atom is -0.493 e. The molecule has 1 N–H and O–H groups in total. The number of aryl methyl sites for hydroxylation is 2. The van der Waals surface area contributed by atoms with E-state index in [4.69, 9.17) is 23.5 Å². The third kappa shape index (κ3) is 4.49. The average molecular weight is 438 g/mol. The maximum absolute atomic E-state index is 12.8. The zero-order valence-electron chi connectivity index (χ0n) is 18.6. The number of methoxy groups -OCH3 is 1. The smallest absolute Gasteiger partial charge is 0.251 e. The van der Waals surface area contributed by atoms with Crippen molar-refractivity contribution in [2.24, 2.45) is 0 Å². The number of hydrogen-bond donors (Lipinski definition) is 1. The number of carbonyl (C=O) groups excluding carboxylic acids is 1. The van der Waals surface area contributed by atoms with Gasteiger partial charge in [-0.2, -0.15) is 0 Å². The summed E-state index contributed by atoms with van der Waals surface area (Å²) < 4.78 is 27.7. The Labute approximate surface area is 186 Å². The summed E-state index contributed by atoms with van der Waals surface area (Å²) in [5.41, 5.74) is 3.07. The van der Waals surface area contributed by atoms with Crippen LogP contribution in [0.4, 0.5) is 0 Å². The molecule has 0 fully saturated rings. The molecule has 1 aliphatic heterocycles. The van der Waals surface area contributed by atoms with E-state index >= 15 is 0 Å². The zero-order valence-corrected chi connectivity index (χ0v) is 18.6. The van der Waals surface area contributed by atoms with Crippen molar-refractivity contribution >= 4 is 5.91 Å². The minimum atomic E-state index is -0.222. The normalized spacial score (nSPS) is 13.4.